The fourth-order valence-corrected chi connectivity index (χ4v) is 3.72. The maximum absolute atomic E-state index is 14.6. The molecule has 4 aromatic rings. The standard InChI is InChI=1S/C28H18F10N2O2/c29-25(30,27(33,34)35)21-13-15(1-11-23(21)41-19-7-3-17(39)4-8-19)16-2-12-24(42-20-9-5-18(40)6-10-20)22(14-16)26(31,32)28(36,37)38/h1-14H,39-40H2. The Bertz CT molecular complexity index is 1450. The fourth-order valence-electron chi connectivity index (χ4n) is 3.72. The second-order valence-corrected chi connectivity index (χ2v) is 8.91. The van der Waals surface area contributed by atoms with Crippen LogP contribution in [0.3, 0.4) is 0 Å². The van der Waals surface area contributed by atoms with Crippen molar-refractivity contribution in [2.75, 3.05) is 11.5 Å². The first-order valence-corrected chi connectivity index (χ1v) is 11.7. The van der Waals surface area contributed by atoms with Crippen LogP contribution in [-0.2, 0) is 11.8 Å². The Morgan fingerprint density at radius 1 is 0.429 bits per heavy atom. The Morgan fingerprint density at radius 2 is 0.738 bits per heavy atom. The highest BCUT2D eigenvalue weighted by Crippen LogP contribution is 2.51. The summed E-state index contributed by atoms with van der Waals surface area (Å²) >= 11 is 0. The van der Waals surface area contributed by atoms with E-state index in [1.807, 2.05) is 0 Å². The molecular weight excluding hydrogens is 586 g/mol. The van der Waals surface area contributed by atoms with Crippen molar-refractivity contribution in [2.45, 2.75) is 24.2 Å². The highest BCUT2D eigenvalue weighted by Gasteiger charge is 2.61. The number of nitrogen functional groups attached to an aromatic ring is 2. The molecule has 0 bridgehead atoms. The average Bonchev–Trinajstić information content (AvgIpc) is 2.90. The Labute approximate surface area is 231 Å². The van der Waals surface area contributed by atoms with E-state index >= 15 is 0 Å². The first kappa shape index (κ1) is 30.3. The van der Waals surface area contributed by atoms with Crippen LogP contribution in [0.4, 0.5) is 55.3 Å². The predicted molar refractivity (Wildman–Crippen MR) is 134 cm³/mol. The number of alkyl halides is 10. The molecule has 42 heavy (non-hydrogen) atoms. The summed E-state index contributed by atoms with van der Waals surface area (Å²) in [5, 5.41) is 0. The van der Waals surface area contributed by atoms with Gasteiger partial charge in [-0.15, -0.1) is 0 Å². The third-order valence-corrected chi connectivity index (χ3v) is 5.90. The SMILES string of the molecule is Nc1ccc(Oc2ccc(-c3ccc(Oc4ccc(N)cc4)c(C(F)(F)C(F)(F)F)c3)cc2C(F)(F)C(F)(F)F)cc1. The highest BCUT2D eigenvalue weighted by atomic mass is 19.4. The van der Waals surface area contributed by atoms with Gasteiger partial charge < -0.3 is 20.9 Å². The quantitative estimate of drug-likeness (QED) is 0.163. The van der Waals surface area contributed by atoms with Gasteiger partial charge in [-0.3, -0.25) is 0 Å². The molecule has 0 amide bonds. The summed E-state index contributed by atoms with van der Waals surface area (Å²) in [6.07, 6.45) is -12.2. The van der Waals surface area contributed by atoms with Gasteiger partial charge in [0.1, 0.15) is 23.0 Å². The van der Waals surface area contributed by atoms with E-state index in [1.165, 1.54) is 48.5 Å². The van der Waals surface area contributed by atoms with Gasteiger partial charge in [0.05, 0.1) is 11.1 Å². The second-order valence-electron chi connectivity index (χ2n) is 8.91. The van der Waals surface area contributed by atoms with Crippen LogP contribution in [-0.4, -0.2) is 12.4 Å². The Balaban J connectivity index is 1.86. The Hall–Kier alpha value is -4.62. The second kappa shape index (κ2) is 10.7. The van der Waals surface area contributed by atoms with Gasteiger partial charge in [0, 0.05) is 11.4 Å². The number of benzene rings is 4. The summed E-state index contributed by atoms with van der Waals surface area (Å²) in [7, 11) is 0. The van der Waals surface area contributed by atoms with Crippen molar-refractivity contribution in [3.63, 3.8) is 0 Å². The van der Waals surface area contributed by atoms with E-state index in [1.54, 1.807) is 0 Å². The van der Waals surface area contributed by atoms with E-state index in [-0.39, 0.29) is 22.9 Å². The average molecular weight is 604 g/mol. The van der Waals surface area contributed by atoms with Crippen LogP contribution in [0.5, 0.6) is 23.0 Å². The minimum Gasteiger partial charge on any atom is -0.457 e. The van der Waals surface area contributed by atoms with Gasteiger partial charge in [0.25, 0.3) is 0 Å². The zero-order valence-electron chi connectivity index (χ0n) is 20.8. The van der Waals surface area contributed by atoms with Crippen LogP contribution in [0.15, 0.2) is 84.9 Å². The molecular formula is C28H18F10N2O2. The molecule has 4 N–H and O–H groups in total. The normalized spacial score (nSPS) is 12.7. The molecule has 4 aromatic carbocycles. The van der Waals surface area contributed by atoms with Gasteiger partial charge in [-0.05, 0) is 83.9 Å². The van der Waals surface area contributed by atoms with Gasteiger partial charge >= 0.3 is 24.2 Å². The number of hydrogen-bond acceptors (Lipinski definition) is 4. The minimum absolute atomic E-state index is 0.160. The van der Waals surface area contributed by atoms with E-state index < -0.39 is 58.0 Å². The highest BCUT2D eigenvalue weighted by molar-refractivity contribution is 5.69. The molecule has 0 fully saturated rings. The number of halogens is 10. The van der Waals surface area contributed by atoms with Crippen LogP contribution in [0.1, 0.15) is 11.1 Å². The van der Waals surface area contributed by atoms with Gasteiger partial charge in [-0.1, -0.05) is 12.1 Å². The monoisotopic (exact) mass is 604 g/mol. The minimum atomic E-state index is -6.11. The van der Waals surface area contributed by atoms with E-state index in [9.17, 15) is 43.9 Å². The zero-order chi connectivity index (χ0) is 31.1. The number of ether oxygens (including phenoxy) is 2. The summed E-state index contributed by atoms with van der Waals surface area (Å²) in [4.78, 5) is 0. The summed E-state index contributed by atoms with van der Waals surface area (Å²) in [6.45, 7) is 0. The lowest BCUT2D eigenvalue weighted by atomic mass is 9.95. The topological polar surface area (TPSA) is 70.5 Å². The van der Waals surface area contributed by atoms with Crippen LogP contribution >= 0.6 is 0 Å². The Morgan fingerprint density at radius 3 is 1.02 bits per heavy atom. The predicted octanol–water partition coefficient (Wildman–Crippen LogP) is 9.41. The first-order valence-electron chi connectivity index (χ1n) is 11.7. The molecule has 0 spiro atoms. The first-order chi connectivity index (χ1) is 19.4. The summed E-state index contributed by atoms with van der Waals surface area (Å²) in [5.41, 5.74) is 7.03. The lowest BCUT2D eigenvalue weighted by molar-refractivity contribution is -0.289. The van der Waals surface area contributed by atoms with E-state index in [2.05, 4.69) is 0 Å². The molecule has 0 radical (unpaired) electrons. The molecule has 0 aliphatic carbocycles. The molecule has 0 atom stereocenters. The van der Waals surface area contributed by atoms with Gasteiger partial charge in [-0.2, -0.15) is 43.9 Å². The third kappa shape index (κ3) is 6.02. The van der Waals surface area contributed by atoms with E-state index in [0.29, 0.717) is 24.3 Å². The lowest BCUT2D eigenvalue weighted by Crippen LogP contribution is -2.34. The Kier molecular flexibility index (Phi) is 7.70. The van der Waals surface area contributed by atoms with Crippen molar-refractivity contribution in [3.8, 4) is 34.1 Å². The van der Waals surface area contributed by atoms with Crippen molar-refractivity contribution in [2.24, 2.45) is 0 Å². The third-order valence-electron chi connectivity index (χ3n) is 5.90. The molecule has 0 aliphatic heterocycles. The molecule has 0 saturated heterocycles. The molecule has 4 rings (SSSR count). The van der Waals surface area contributed by atoms with Gasteiger partial charge in [0.2, 0.25) is 0 Å². The summed E-state index contributed by atoms with van der Waals surface area (Å²) in [6, 6.07) is 13.8. The van der Waals surface area contributed by atoms with E-state index in [0.717, 1.165) is 12.1 Å². The zero-order valence-corrected chi connectivity index (χ0v) is 20.8. The van der Waals surface area contributed by atoms with Crippen molar-refractivity contribution >= 4 is 11.4 Å². The van der Waals surface area contributed by atoms with Crippen LogP contribution in [0, 0.1) is 0 Å². The molecule has 0 saturated carbocycles. The molecule has 0 heterocycles. The molecule has 0 aromatic heterocycles. The summed E-state index contributed by atoms with van der Waals surface area (Å²) in [5.74, 6) is -13.2. The van der Waals surface area contributed by atoms with Crippen molar-refractivity contribution < 1.29 is 53.4 Å². The fraction of sp³-hybridized carbons (Fsp3) is 0.143. The largest absolute Gasteiger partial charge is 0.458 e. The smallest absolute Gasteiger partial charge is 0.457 e. The van der Waals surface area contributed by atoms with Crippen LogP contribution in [0.2, 0.25) is 0 Å². The lowest BCUT2D eigenvalue weighted by Gasteiger charge is -2.24. The van der Waals surface area contributed by atoms with Crippen LogP contribution < -0.4 is 20.9 Å². The number of anilines is 2. The summed E-state index contributed by atoms with van der Waals surface area (Å²) < 4.78 is 149. The van der Waals surface area contributed by atoms with Crippen molar-refractivity contribution in [1.82, 2.24) is 0 Å². The van der Waals surface area contributed by atoms with Crippen LogP contribution in [0.25, 0.3) is 11.1 Å². The van der Waals surface area contributed by atoms with Crippen molar-refractivity contribution in [3.05, 3.63) is 96.1 Å². The molecule has 14 heteroatoms. The molecule has 0 aliphatic rings. The number of rotatable bonds is 7. The maximum Gasteiger partial charge on any atom is 0.458 e. The van der Waals surface area contributed by atoms with Crippen molar-refractivity contribution in [1.29, 1.82) is 0 Å². The number of hydrogen-bond donors (Lipinski definition) is 2. The molecule has 0 unspecified atom stereocenters. The maximum atomic E-state index is 14.6. The molecule has 222 valence electrons. The number of nitrogens with two attached hydrogens (primary N) is 2. The van der Waals surface area contributed by atoms with Gasteiger partial charge in [0.15, 0.2) is 0 Å². The molecule has 4 nitrogen and oxygen atoms in total. The van der Waals surface area contributed by atoms with E-state index in [4.69, 9.17) is 20.9 Å². The van der Waals surface area contributed by atoms with Gasteiger partial charge in [-0.25, -0.2) is 0 Å².